The fourth-order valence-corrected chi connectivity index (χ4v) is 2.09. The number of amides is 1. The van der Waals surface area contributed by atoms with Gasteiger partial charge in [0.2, 0.25) is 0 Å². The Hall–Kier alpha value is -2.80. The van der Waals surface area contributed by atoms with Crippen molar-refractivity contribution in [3.05, 3.63) is 59.2 Å². The number of nitrogens with zero attached hydrogens (tertiary/aromatic N) is 1. The van der Waals surface area contributed by atoms with E-state index in [1.165, 1.54) is 0 Å². The minimum absolute atomic E-state index is 0.144. The van der Waals surface area contributed by atoms with Gasteiger partial charge >= 0.3 is 0 Å². The molecule has 0 fully saturated rings. The summed E-state index contributed by atoms with van der Waals surface area (Å²) >= 11 is 0. The summed E-state index contributed by atoms with van der Waals surface area (Å²) in [5.41, 5.74) is 3.57. The molecule has 4 heteroatoms. The highest BCUT2D eigenvalue weighted by molar-refractivity contribution is 6.04. The van der Waals surface area contributed by atoms with E-state index in [0.717, 1.165) is 11.1 Å². The molecule has 1 amide bonds. The number of ether oxygens (including phenoxy) is 1. The summed E-state index contributed by atoms with van der Waals surface area (Å²) in [7, 11) is 0. The summed E-state index contributed by atoms with van der Waals surface area (Å²) < 4.78 is 5.57. The average molecular weight is 308 g/mol. The number of benzene rings is 2. The number of rotatable bonds is 6. The molecule has 0 saturated carbocycles. The fourth-order valence-electron chi connectivity index (χ4n) is 2.09. The van der Waals surface area contributed by atoms with Crippen LogP contribution in [0.3, 0.4) is 0 Å². The van der Waals surface area contributed by atoms with Crippen molar-refractivity contribution >= 4 is 11.6 Å². The molecule has 4 nitrogen and oxygen atoms in total. The van der Waals surface area contributed by atoms with E-state index < -0.39 is 0 Å². The molecule has 0 heterocycles. The number of aryl methyl sites for hydroxylation is 2. The SMILES string of the molecule is Cc1ccc(C(=O)Nc2cccc(OCCCC#N)c2)cc1C. The van der Waals surface area contributed by atoms with Gasteiger partial charge in [-0.2, -0.15) is 5.26 Å². The third kappa shape index (κ3) is 4.86. The minimum Gasteiger partial charge on any atom is -0.493 e. The first-order chi connectivity index (χ1) is 11.1. The lowest BCUT2D eigenvalue weighted by Gasteiger charge is -2.09. The van der Waals surface area contributed by atoms with Gasteiger partial charge in [0, 0.05) is 23.7 Å². The Kier molecular flexibility index (Phi) is 5.76. The Balaban J connectivity index is 2.00. The molecule has 2 rings (SSSR count). The van der Waals surface area contributed by atoms with Crippen molar-refractivity contribution in [2.24, 2.45) is 0 Å². The van der Waals surface area contributed by atoms with E-state index >= 15 is 0 Å². The Morgan fingerprint density at radius 1 is 1.17 bits per heavy atom. The van der Waals surface area contributed by atoms with Crippen LogP contribution in [0.25, 0.3) is 0 Å². The Labute approximate surface area is 136 Å². The van der Waals surface area contributed by atoms with E-state index in [4.69, 9.17) is 10.00 Å². The van der Waals surface area contributed by atoms with Crippen LogP contribution in [0.4, 0.5) is 5.69 Å². The predicted molar refractivity (Wildman–Crippen MR) is 90.7 cm³/mol. The molecule has 0 aliphatic carbocycles. The molecule has 0 aliphatic rings. The van der Waals surface area contributed by atoms with Gasteiger partial charge in [-0.05, 0) is 55.7 Å². The second-order valence-corrected chi connectivity index (χ2v) is 5.39. The van der Waals surface area contributed by atoms with Crippen LogP contribution in [0.5, 0.6) is 5.75 Å². The van der Waals surface area contributed by atoms with Gasteiger partial charge in [0.1, 0.15) is 5.75 Å². The molecule has 0 unspecified atom stereocenters. The molecule has 0 saturated heterocycles. The molecular formula is C19H20N2O2. The van der Waals surface area contributed by atoms with Gasteiger partial charge in [-0.15, -0.1) is 0 Å². The summed E-state index contributed by atoms with van der Waals surface area (Å²) in [5.74, 6) is 0.538. The molecule has 0 spiro atoms. The Bertz CT molecular complexity index is 732. The van der Waals surface area contributed by atoms with Gasteiger partial charge in [0.25, 0.3) is 5.91 Å². The average Bonchev–Trinajstić information content (AvgIpc) is 2.54. The molecule has 23 heavy (non-hydrogen) atoms. The smallest absolute Gasteiger partial charge is 0.255 e. The first kappa shape index (κ1) is 16.6. The van der Waals surface area contributed by atoms with Gasteiger partial charge in [-0.25, -0.2) is 0 Å². The standard InChI is InChI=1S/C19H20N2O2/c1-14-8-9-16(12-15(14)2)19(22)21-17-6-5-7-18(13-17)23-11-4-3-10-20/h5-9,12-13H,3-4,11H2,1-2H3,(H,21,22). The molecule has 0 atom stereocenters. The number of nitrogens with one attached hydrogen (secondary N) is 1. The molecule has 0 radical (unpaired) electrons. The number of anilines is 1. The lowest BCUT2D eigenvalue weighted by molar-refractivity contribution is 0.102. The zero-order valence-electron chi connectivity index (χ0n) is 13.4. The van der Waals surface area contributed by atoms with Crippen LogP contribution in [-0.2, 0) is 0 Å². The zero-order chi connectivity index (χ0) is 16.7. The molecule has 0 bridgehead atoms. The maximum atomic E-state index is 12.3. The van der Waals surface area contributed by atoms with Crippen molar-refractivity contribution in [3.63, 3.8) is 0 Å². The van der Waals surface area contributed by atoms with Crippen molar-refractivity contribution in [3.8, 4) is 11.8 Å². The van der Waals surface area contributed by atoms with Gasteiger partial charge in [0.15, 0.2) is 0 Å². The van der Waals surface area contributed by atoms with Crippen molar-refractivity contribution in [2.45, 2.75) is 26.7 Å². The maximum absolute atomic E-state index is 12.3. The van der Waals surface area contributed by atoms with Crippen molar-refractivity contribution in [2.75, 3.05) is 11.9 Å². The topological polar surface area (TPSA) is 62.1 Å². The summed E-state index contributed by atoms with van der Waals surface area (Å²) in [5, 5.41) is 11.4. The number of carbonyl (C=O) groups is 1. The van der Waals surface area contributed by atoms with Gasteiger partial charge in [0.05, 0.1) is 12.7 Å². The Morgan fingerprint density at radius 2 is 2.00 bits per heavy atom. The highest BCUT2D eigenvalue weighted by Crippen LogP contribution is 2.19. The van der Waals surface area contributed by atoms with Crippen LogP contribution in [0.2, 0.25) is 0 Å². The number of nitriles is 1. The van der Waals surface area contributed by atoms with E-state index in [-0.39, 0.29) is 5.91 Å². The van der Waals surface area contributed by atoms with Crippen LogP contribution >= 0.6 is 0 Å². The van der Waals surface area contributed by atoms with E-state index in [2.05, 4.69) is 11.4 Å². The third-order valence-corrected chi connectivity index (χ3v) is 3.56. The van der Waals surface area contributed by atoms with Crippen molar-refractivity contribution in [1.29, 1.82) is 5.26 Å². The molecule has 2 aromatic carbocycles. The molecule has 0 aliphatic heterocycles. The monoisotopic (exact) mass is 308 g/mol. The predicted octanol–water partition coefficient (Wildman–Crippen LogP) is 4.24. The minimum atomic E-state index is -0.144. The maximum Gasteiger partial charge on any atom is 0.255 e. The van der Waals surface area contributed by atoms with Crippen molar-refractivity contribution < 1.29 is 9.53 Å². The first-order valence-electron chi connectivity index (χ1n) is 7.58. The normalized spacial score (nSPS) is 9.96. The highest BCUT2D eigenvalue weighted by Gasteiger charge is 2.07. The van der Waals surface area contributed by atoms with Gasteiger partial charge in [-0.1, -0.05) is 12.1 Å². The lowest BCUT2D eigenvalue weighted by atomic mass is 10.1. The lowest BCUT2D eigenvalue weighted by Crippen LogP contribution is -2.12. The van der Waals surface area contributed by atoms with E-state index in [1.807, 2.05) is 50.2 Å². The van der Waals surface area contributed by atoms with Crippen LogP contribution in [-0.4, -0.2) is 12.5 Å². The van der Waals surface area contributed by atoms with Crippen LogP contribution in [0, 0.1) is 25.2 Å². The quantitative estimate of drug-likeness (QED) is 0.812. The van der Waals surface area contributed by atoms with Crippen LogP contribution in [0.15, 0.2) is 42.5 Å². The summed E-state index contributed by atoms with van der Waals surface area (Å²) in [6, 6.07) is 15.0. The number of carbonyl (C=O) groups excluding carboxylic acids is 1. The van der Waals surface area contributed by atoms with E-state index in [9.17, 15) is 4.79 Å². The second kappa shape index (κ2) is 8.00. The Morgan fingerprint density at radius 3 is 2.74 bits per heavy atom. The summed E-state index contributed by atoms with van der Waals surface area (Å²) in [6.07, 6.45) is 1.17. The fraction of sp³-hybridized carbons (Fsp3) is 0.263. The van der Waals surface area contributed by atoms with Gasteiger partial charge in [-0.3, -0.25) is 4.79 Å². The zero-order valence-corrected chi connectivity index (χ0v) is 13.4. The van der Waals surface area contributed by atoms with E-state index in [0.29, 0.717) is 36.4 Å². The van der Waals surface area contributed by atoms with Crippen LogP contribution in [0.1, 0.15) is 34.3 Å². The number of hydrogen-bond acceptors (Lipinski definition) is 3. The molecule has 1 N–H and O–H groups in total. The molecule has 2 aromatic rings. The second-order valence-electron chi connectivity index (χ2n) is 5.39. The largest absolute Gasteiger partial charge is 0.493 e. The van der Waals surface area contributed by atoms with E-state index in [1.54, 1.807) is 6.07 Å². The first-order valence-corrected chi connectivity index (χ1v) is 7.58. The molecule has 118 valence electrons. The van der Waals surface area contributed by atoms with Crippen molar-refractivity contribution in [1.82, 2.24) is 0 Å². The number of unbranched alkanes of at least 4 members (excludes halogenated alkanes) is 1. The van der Waals surface area contributed by atoms with Crippen LogP contribution < -0.4 is 10.1 Å². The molecule has 0 aromatic heterocycles. The summed E-state index contributed by atoms with van der Waals surface area (Å²) in [6.45, 7) is 4.49. The molecular weight excluding hydrogens is 288 g/mol. The van der Waals surface area contributed by atoms with Gasteiger partial charge < -0.3 is 10.1 Å². The third-order valence-electron chi connectivity index (χ3n) is 3.56. The number of hydrogen-bond donors (Lipinski definition) is 1. The highest BCUT2D eigenvalue weighted by atomic mass is 16.5. The summed E-state index contributed by atoms with van der Waals surface area (Å²) in [4.78, 5) is 12.3.